The van der Waals surface area contributed by atoms with Crippen molar-refractivity contribution in [1.29, 1.82) is 0 Å². The van der Waals surface area contributed by atoms with Crippen LogP contribution in [-0.4, -0.2) is 50.1 Å². The van der Waals surface area contributed by atoms with Crippen molar-refractivity contribution in [3.63, 3.8) is 0 Å². The number of carbonyl (C=O) groups is 2. The smallest absolute Gasteiger partial charge is 0.254 e. The highest BCUT2D eigenvalue weighted by atomic mass is 16.5. The molecule has 22 heavy (non-hydrogen) atoms. The molecule has 0 heterocycles. The van der Waals surface area contributed by atoms with Crippen LogP contribution in [0, 0.1) is 0 Å². The van der Waals surface area contributed by atoms with Crippen molar-refractivity contribution in [3.8, 4) is 11.5 Å². The van der Waals surface area contributed by atoms with E-state index in [9.17, 15) is 9.59 Å². The number of methoxy groups -OCH3 is 1. The minimum absolute atomic E-state index is 0.00649. The fourth-order valence-electron chi connectivity index (χ4n) is 1.95. The van der Waals surface area contributed by atoms with Gasteiger partial charge in [0.15, 0.2) is 11.5 Å². The van der Waals surface area contributed by atoms with Gasteiger partial charge in [0.1, 0.15) is 0 Å². The second-order valence-electron chi connectivity index (χ2n) is 5.18. The molecular weight excluding hydrogens is 284 g/mol. The molecule has 122 valence electrons. The van der Waals surface area contributed by atoms with Gasteiger partial charge >= 0.3 is 0 Å². The number of nitrogens with one attached hydrogen (secondary N) is 1. The monoisotopic (exact) mass is 308 g/mol. The van der Waals surface area contributed by atoms with Crippen molar-refractivity contribution in [2.24, 2.45) is 0 Å². The molecule has 0 aromatic heterocycles. The first-order chi connectivity index (χ1) is 10.4. The van der Waals surface area contributed by atoms with Gasteiger partial charge in [0.05, 0.1) is 20.3 Å². The van der Waals surface area contributed by atoms with E-state index in [-0.39, 0.29) is 24.4 Å². The Bertz CT molecular complexity index is 529. The van der Waals surface area contributed by atoms with Gasteiger partial charge in [-0.2, -0.15) is 0 Å². The highest BCUT2D eigenvalue weighted by Gasteiger charge is 2.17. The molecule has 0 radical (unpaired) electrons. The lowest BCUT2D eigenvalue weighted by Gasteiger charge is -2.18. The first kappa shape index (κ1) is 17.8. The van der Waals surface area contributed by atoms with Crippen LogP contribution in [0.2, 0.25) is 0 Å². The number of nitrogens with zero attached hydrogens (tertiary/aromatic N) is 1. The summed E-state index contributed by atoms with van der Waals surface area (Å²) in [6, 6.07) is 5.01. The summed E-state index contributed by atoms with van der Waals surface area (Å²) in [5.74, 6) is 0.637. The summed E-state index contributed by atoms with van der Waals surface area (Å²) in [5, 5.41) is 2.75. The molecule has 2 amide bonds. The molecule has 0 bridgehead atoms. The maximum absolute atomic E-state index is 12.4. The second kappa shape index (κ2) is 8.26. The third-order valence-electron chi connectivity index (χ3n) is 2.89. The SMILES string of the molecule is CCOc1ccc(C(=O)N(C)CC(=O)NC(C)C)cc1OC. The van der Waals surface area contributed by atoms with Crippen LogP contribution in [-0.2, 0) is 4.79 Å². The summed E-state index contributed by atoms with van der Waals surface area (Å²) in [7, 11) is 3.11. The molecule has 1 aromatic rings. The van der Waals surface area contributed by atoms with Crippen molar-refractivity contribution >= 4 is 11.8 Å². The van der Waals surface area contributed by atoms with Gasteiger partial charge in [-0.3, -0.25) is 9.59 Å². The Morgan fingerprint density at radius 2 is 1.95 bits per heavy atom. The highest BCUT2D eigenvalue weighted by molar-refractivity contribution is 5.96. The molecule has 1 aromatic carbocycles. The van der Waals surface area contributed by atoms with Crippen LogP contribution in [0.1, 0.15) is 31.1 Å². The zero-order valence-electron chi connectivity index (χ0n) is 13.8. The average Bonchev–Trinajstić information content (AvgIpc) is 2.46. The van der Waals surface area contributed by atoms with Crippen molar-refractivity contribution in [1.82, 2.24) is 10.2 Å². The van der Waals surface area contributed by atoms with E-state index in [0.717, 1.165) is 0 Å². The summed E-state index contributed by atoms with van der Waals surface area (Å²) in [4.78, 5) is 25.4. The largest absolute Gasteiger partial charge is 0.493 e. The maximum Gasteiger partial charge on any atom is 0.254 e. The van der Waals surface area contributed by atoms with Crippen molar-refractivity contribution in [3.05, 3.63) is 23.8 Å². The van der Waals surface area contributed by atoms with E-state index < -0.39 is 0 Å². The number of rotatable bonds is 7. The Morgan fingerprint density at radius 3 is 2.50 bits per heavy atom. The van der Waals surface area contributed by atoms with E-state index in [1.54, 1.807) is 25.2 Å². The molecule has 0 spiro atoms. The van der Waals surface area contributed by atoms with E-state index in [0.29, 0.717) is 23.7 Å². The molecule has 1 N–H and O–H groups in total. The predicted molar refractivity (Wildman–Crippen MR) is 84.4 cm³/mol. The minimum Gasteiger partial charge on any atom is -0.493 e. The van der Waals surface area contributed by atoms with Gasteiger partial charge in [0.2, 0.25) is 5.91 Å². The topological polar surface area (TPSA) is 67.9 Å². The zero-order chi connectivity index (χ0) is 16.7. The summed E-state index contributed by atoms with van der Waals surface area (Å²) in [5.41, 5.74) is 0.445. The third kappa shape index (κ3) is 4.95. The predicted octanol–water partition coefficient (Wildman–Crippen LogP) is 1.69. The normalized spacial score (nSPS) is 10.3. The number of hydrogen-bond donors (Lipinski definition) is 1. The van der Waals surface area contributed by atoms with Crippen LogP contribution in [0.15, 0.2) is 18.2 Å². The van der Waals surface area contributed by atoms with E-state index in [1.807, 2.05) is 20.8 Å². The van der Waals surface area contributed by atoms with Gasteiger partial charge in [-0.25, -0.2) is 0 Å². The summed E-state index contributed by atoms with van der Waals surface area (Å²) < 4.78 is 10.6. The van der Waals surface area contributed by atoms with Crippen molar-refractivity contribution < 1.29 is 19.1 Å². The molecule has 6 nitrogen and oxygen atoms in total. The number of benzene rings is 1. The minimum atomic E-state index is -0.250. The summed E-state index contributed by atoms with van der Waals surface area (Å²) in [6.45, 7) is 6.14. The lowest BCUT2D eigenvalue weighted by Crippen LogP contribution is -2.40. The van der Waals surface area contributed by atoms with Crippen LogP contribution in [0.4, 0.5) is 0 Å². The number of ether oxygens (including phenoxy) is 2. The summed E-state index contributed by atoms with van der Waals surface area (Å²) >= 11 is 0. The van der Waals surface area contributed by atoms with Crippen LogP contribution in [0.5, 0.6) is 11.5 Å². The van der Waals surface area contributed by atoms with Crippen LogP contribution in [0.25, 0.3) is 0 Å². The number of hydrogen-bond acceptors (Lipinski definition) is 4. The molecule has 0 atom stereocenters. The highest BCUT2D eigenvalue weighted by Crippen LogP contribution is 2.28. The number of carbonyl (C=O) groups excluding carboxylic acids is 2. The van der Waals surface area contributed by atoms with Crippen LogP contribution >= 0.6 is 0 Å². The standard InChI is InChI=1S/C16H24N2O4/c1-6-22-13-8-7-12(9-14(13)21-5)16(20)18(4)10-15(19)17-11(2)3/h7-9,11H,6,10H2,1-5H3,(H,17,19). The Hall–Kier alpha value is -2.24. The molecule has 1 rings (SSSR count). The molecule has 6 heteroatoms. The number of amides is 2. The first-order valence-corrected chi connectivity index (χ1v) is 7.24. The van der Waals surface area contributed by atoms with Gasteiger partial charge in [0.25, 0.3) is 5.91 Å². The van der Waals surface area contributed by atoms with E-state index in [4.69, 9.17) is 9.47 Å². The van der Waals surface area contributed by atoms with Gasteiger partial charge in [-0.15, -0.1) is 0 Å². The fourth-order valence-corrected chi connectivity index (χ4v) is 1.95. The Labute approximate surface area is 131 Å². The lowest BCUT2D eigenvalue weighted by atomic mass is 10.1. The maximum atomic E-state index is 12.4. The molecular formula is C16H24N2O4. The van der Waals surface area contributed by atoms with Crippen molar-refractivity contribution in [2.75, 3.05) is 27.3 Å². The number of likely N-dealkylation sites (N-methyl/N-ethyl adjacent to an activating group) is 1. The van der Waals surface area contributed by atoms with Crippen LogP contribution in [0.3, 0.4) is 0 Å². The third-order valence-corrected chi connectivity index (χ3v) is 2.89. The van der Waals surface area contributed by atoms with Crippen molar-refractivity contribution in [2.45, 2.75) is 26.8 Å². The van der Waals surface area contributed by atoms with Gasteiger partial charge in [-0.05, 0) is 39.0 Å². The molecule has 0 fully saturated rings. The fraction of sp³-hybridized carbons (Fsp3) is 0.500. The van der Waals surface area contributed by atoms with Crippen LogP contribution < -0.4 is 14.8 Å². The quantitative estimate of drug-likeness (QED) is 0.832. The van der Waals surface area contributed by atoms with E-state index >= 15 is 0 Å². The van der Waals surface area contributed by atoms with Gasteiger partial charge in [-0.1, -0.05) is 0 Å². The molecule has 0 aliphatic carbocycles. The first-order valence-electron chi connectivity index (χ1n) is 7.24. The average molecular weight is 308 g/mol. The molecule has 0 unspecified atom stereocenters. The van der Waals surface area contributed by atoms with E-state index in [2.05, 4.69) is 5.32 Å². The van der Waals surface area contributed by atoms with Gasteiger partial charge in [0, 0.05) is 18.7 Å². The molecule has 0 aliphatic heterocycles. The van der Waals surface area contributed by atoms with Gasteiger partial charge < -0.3 is 19.7 Å². The Morgan fingerprint density at radius 1 is 1.27 bits per heavy atom. The zero-order valence-corrected chi connectivity index (χ0v) is 13.8. The summed E-state index contributed by atoms with van der Waals surface area (Å²) in [6.07, 6.45) is 0. The van der Waals surface area contributed by atoms with E-state index in [1.165, 1.54) is 12.0 Å². The Kier molecular flexibility index (Phi) is 6.69. The second-order valence-corrected chi connectivity index (χ2v) is 5.18. The Balaban J connectivity index is 2.82. The molecule has 0 aliphatic rings. The lowest BCUT2D eigenvalue weighted by molar-refractivity contribution is -0.122. The molecule has 0 saturated heterocycles. The molecule has 0 saturated carbocycles.